The van der Waals surface area contributed by atoms with Crippen molar-refractivity contribution in [2.45, 2.75) is 26.7 Å². The van der Waals surface area contributed by atoms with Crippen molar-refractivity contribution in [3.8, 4) is 0 Å². The summed E-state index contributed by atoms with van der Waals surface area (Å²) in [5.41, 5.74) is 4.03. The normalized spacial score (nSPS) is 15.7. The van der Waals surface area contributed by atoms with Gasteiger partial charge in [0.1, 0.15) is 10.3 Å². The van der Waals surface area contributed by atoms with Crippen molar-refractivity contribution < 1.29 is 4.42 Å². The standard InChI is InChI=1S/C20H18BrN3O2S/c1-11-7-15-16(8-12(11)2)24-18(25)17(27-20(24)22-15)10-13-9-14(21)19(26-13)23-5-3-4-6-23/h7-10H,3-6H2,1-2H3/b17-10-. The van der Waals surface area contributed by atoms with E-state index in [9.17, 15) is 4.79 Å². The first-order valence-corrected chi connectivity index (χ1v) is 10.6. The number of thiazole rings is 1. The van der Waals surface area contributed by atoms with Gasteiger partial charge in [-0.15, -0.1) is 0 Å². The largest absolute Gasteiger partial charge is 0.440 e. The van der Waals surface area contributed by atoms with Gasteiger partial charge >= 0.3 is 0 Å². The molecule has 0 radical (unpaired) electrons. The summed E-state index contributed by atoms with van der Waals surface area (Å²) < 4.78 is 9.28. The molecular weight excluding hydrogens is 426 g/mol. The SMILES string of the molecule is Cc1cc2nc3s/c(=C\c4cc(Br)c(N5CCCC5)o4)c(=O)n3c2cc1C. The molecule has 0 amide bonds. The van der Waals surface area contributed by atoms with Crippen LogP contribution in [-0.4, -0.2) is 22.5 Å². The van der Waals surface area contributed by atoms with E-state index in [2.05, 4.69) is 39.7 Å². The van der Waals surface area contributed by atoms with E-state index in [1.54, 1.807) is 4.40 Å². The van der Waals surface area contributed by atoms with Crippen LogP contribution in [0.1, 0.15) is 29.7 Å². The first-order chi connectivity index (χ1) is 13.0. The second kappa shape index (κ2) is 6.21. The molecule has 0 unspecified atom stereocenters. The minimum atomic E-state index is -0.0454. The fourth-order valence-electron chi connectivity index (χ4n) is 3.63. The Kier molecular flexibility index (Phi) is 3.91. The molecule has 0 saturated carbocycles. The summed E-state index contributed by atoms with van der Waals surface area (Å²) in [5, 5.41) is 0. The van der Waals surface area contributed by atoms with Crippen molar-refractivity contribution in [3.63, 3.8) is 0 Å². The van der Waals surface area contributed by atoms with Crippen molar-refractivity contribution in [2.75, 3.05) is 18.0 Å². The third kappa shape index (κ3) is 2.72. The highest BCUT2D eigenvalue weighted by molar-refractivity contribution is 9.10. The third-order valence-electron chi connectivity index (χ3n) is 5.21. The average molecular weight is 444 g/mol. The van der Waals surface area contributed by atoms with Crippen LogP contribution in [0.3, 0.4) is 0 Å². The van der Waals surface area contributed by atoms with Gasteiger partial charge in [-0.25, -0.2) is 9.38 Å². The molecular formula is C20H18BrN3O2S. The lowest BCUT2D eigenvalue weighted by molar-refractivity contribution is 0.546. The van der Waals surface area contributed by atoms with Crippen molar-refractivity contribution in [3.05, 3.63) is 54.4 Å². The maximum Gasteiger partial charge on any atom is 0.275 e. The molecule has 0 atom stereocenters. The number of anilines is 1. The molecule has 3 aromatic heterocycles. The molecule has 27 heavy (non-hydrogen) atoms. The quantitative estimate of drug-likeness (QED) is 0.469. The Hall–Kier alpha value is -2.12. The van der Waals surface area contributed by atoms with Gasteiger partial charge in [-0.3, -0.25) is 4.79 Å². The Morgan fingerprint density at radius 3 is 2.70 bits per heavy atom. The minimum absolute atomic E-state index is 0.0454. The maximum absolute atomic E-state index is 13.0. The van der Waals surface area contributed by atoms with Crippen molar-refractivity contribution in [2.24, 2.45) is 0 Å². The van der Waals surface area contributed by atoms with Crippen LogP contribution >= 0.6 is 27.3 Å². The van der Waals surface area contributed by atoms with Gasteiger partial charge in [0, 0.05) is 25.2 Å². The molecule has 5 rings (SSSR count). The summed E-state index contributed by atoms with van der Waals surface area (Å²) in [4.78, 5) is 20.6. The fourth-order valence-corrected chi connectivity index (χ4v) is 5.16. The molecule has 1 aliphatic heterocycles. The van der Waals surface area contributed by atoms with Gasteiger partial charge in [-0.05, 0) is 65.9 Å². The molecule has 0 spiro atoms. The monoisotopic (exact) mass is 443 g/mol. The topological polar surface area (TPSA) is 50.8 Å². The molecule has 1 fully saturated rings. The van der Waals surface area contributed by atoms with Gasteiger partial charge < -0.3 is 9.32 Å². The number of nitrogens with zero attached hydrogens (tertiary/aromatic N) is 3. The van der Waals surface area contributed by atoms with E-state index in [-0.39, 0.29) is 5.56 Å². The molecule has 4 aromatic rings. The van der Waals surface area contributed by atoms with Crippen LogP contribution in [0.15, 0.2) is 31.9 Å². The summed E-state index contributed by atoms with van der Waals surface area (Å²) in [5.74, 6) is 1.53. The van der Waals surface area contributed by atoms with Crippen molar-refractivity contribution in [1.82, 2.24) is 9.38 Å². The van der Waals surface area contributed by atoms with E-state index in [0.29, 0.717) is 10.3 Å². The summed E-state index contributed by atoms with van der Waals surface area (Å²) >= 11 is 4.98. The van der Waals surface area contributed by atoms with Gasteiger partial charge in [0.05, 0.1) is 15.5 Å². The van der Waals surface area contributed by atoms with Gasteiger partial charge in [0.15, 0.2) is 4.96 Å². The highest BCUT2D eigenvalue weighted by Gasteiger charge is 2.19. The fraction of sp³-hybridized carbons (Fsp3) is 0.300. The Bertz CT molecular complexity index is 1290. The number of rotatable bonds is 2. The van der Waals surface area contributed by atoms with E-state index in [1.807, 2.05) is 24.3 Å². The van der Waals surface area contributed by atoms with E-state index >= 15 is 0 Å². The zero-order valence-corrected chi connectivity index (χ0v) is 17.5. The summed E-state index contributed by atoms with van der Waals surface area (Å²) in [6.07, 6.45) is 4.19. The van der Waals surface area contributed by atoms with Gasteiger partial charge in [-0.2, -0.15) is 0 Å². The number of benzene rings is 1. The molecule has 1 saturated heterocycles. The van der Waals surface area contributed by atoms with Crippen LogP contribution in [-0.2, 0) is 0 Å². The van der Waals surface area contributed by atoms with E-state index in [0.717, 1.165) is 45.0 Å². The van der Waals surface area contributed by atoms with E-state index < -0.39 is 0 Å². The Morgan fingerprint density at radius 2 is 1.93 bits per heavy atom. The predicted molar refractivity (Wildman–Crippen MR) is 113 cm³/mol. The molecule has 0 N–H and O–H groups in total. The van der Waals surface area contributed by atoms with Crippen LogP contribution in [0.25, 0.3) is 22.1 Å². The zero-order valence-electron chi connectivity index (χ0n) is 15.1. The average Bonchev–Trinajstić information content (AvgIpc) is 3.37. The smallest absolute Gasteiger partial charge is 0.275 e. The van der Waals surface area contributed by atoms with Gasteiger partial charge in [-0.1, -0.05) is 11.3 Å². The van der Waals surface area contributed by atoms with Crippen LogP contribution in [0.2, 0.25) is 0 Å². The molecule has 7 heteroatoms. The second-order valence-electron chi connectivity index (χ2n) is 7.07. The number of imidazole rings is 1. The highest BCUT2D eigenvalue weighted by Crippen LogP contribution is 2.32. The first kappa shape index (κ1) is 17.0. The number of fused-ring (bicyclic) bond motifs is 3. The van der Waals surface area contributed by atoms with Gasteiger partial charge in [0.25, 0.3) is 5.56 Å². The molecule has 138 valence electrons. The maximum atomic E-state index is 13.0. The summed E-state index contributed by atoms with van der Waals surface area (Å²) in [6.45, 7) is 6.14. The number of hydrogen-bond donors (Lipinski definition) is 0. The zero-order chi connectivity index (χ0) is 18.7. The molecule has 1 aliphatic rings. The summed E-state index contributed by atoms with van der Waals surface area (Å²) in [6, 6.07) is 6.01. The van der Waals surface area contributed by atoms with Crippen LogP contribution in [0, 0.1) is 13.8 Å². The predicted octanol–water partition coefficient (Wildman–Crippen LogP) is 4.03. The van der Waals surface area contributed by atoms with Crippen LogP contribution in [0.5, 0.6) is 0 Å². The van der Waals surface area contributed by atoms with Crippen LogP contribution in [0.4, 0.5) is 5.88 Å². The number of aryl methyl sites for hydroxylation is 2. The lowest BCUT2D eigenvalue weighted by atomic mass is 10.1. The van der Waals surface area contributed by atoms with E-state index in [1.165, 1.54) is 29.7 Å². The molecule has 0 bridgehead atoms. The third-order valence-corrected chi connectivity index (χ3v) is 6.75. The van der Waals surface area contributed by atoms with E-state index in [4.69, 9.17) is 4.42 Å². The molecule has 1 aromatic carbocycles. The molecule has 5 nitrogen and oxygen atoms in total. The number of hydrogen-bond acceptors (Lipinski definition) is 5. The lowest BCUT2D eigenvalue weighted by Gasteiger charge is -2.13. The number of furan rings is 1. The number of aromatic nitrogens is 2. The highest BCUT2D eigenvalue weighted by atomic mass is 79.9. The minimum Gasteiger partial charge on any atom is -0.440 e. The Morgan fingerprint density at radius 1 is 1.19 bits per heavy atom. The number of halogens is 1. The Labute approximate surface area is 168 Å². The Balaban J connectivity index is 1.65. The van der Waals surface area contributed by atoms with Crippen LogP contribution < -0.4 is 15.0 Å². The lowest BCUT2D eigenvalue weighted by Crippen LogP contribution is -2.22. The van der Waals surface area contributed by atoms with Crippen molar-refractivity contribution >= 4 is 55.2 Å². The first-order valence-electron chi connectivity index (χ1n) is 8.99. The molecule has 4 heterocycles. The van der Waals surface area contributed by atoms with Crippen molar-refractivity contribution in [1.29, 1.82) is 0 Å². The molecule has 0 aliphatic carbocycles. The van der Waals surface area contributed by atoms with Gasteiger partial charge in [0.2, 0.25) is 5.88 Å². The second-order valence-corrected chi connectivity index (χ2v) is 8.93. The summed E-state index contributed by atoms with van der Waals surface area (Å²) in [7, 11) is 0.